The van der Waals surface area contributed by atoms with Gasteiger partial charge in [0.05, 0.1) is 0 Å². The Morgan fingerprint density at radius 3 is 2.33 bits per heavy atom. The van der Waals surface area contributed by atoms with Crippen LogP contribution in [0.4, 0.5) is 4.39 Å². The highest BCUT2D eigenvalue weighted by Crippen LogP contribution is 2.24. The summed E-state index contributed by atoms with van der Waals surface area (Å²) in [7, 11) is 0. The number of likely N-dealkylation sites (N-methyl/N-ethyl adjacent to an activating group) is 1. The molecule has 3 heteroatoms. The Morgan fingerprint density at radius 2 is 1.87 bits per heavy atom. The molecule has 1 unspecified atom stereocenters. The third-order valence-corrected chi connectivity index (χ3v) is 2.63. The zero-order valence-corrected chi connectivity index (χ0v) is 9.26. The summed E-state index contributed by atoms with van der Waals surface area (Å²) in [5.41, 5.74) is -0.142. The van der Waals surface area contributed by atoms with Crippen molar-refractivity contribution in [2.24, 2.45) is 0 Å². The van der Waals surface area contributed by atoms with Crippen LogP contribution in [0.3, 0.4) is 0 Å². The molecule has 2 N–H and O–H groups in total. The van der Waals surface area contributed by atoms with Crippen molar-refractivity contribution in [2.45, 2.75) is 25.9 Å². The van der Waals surface area contributed by atoms with E-state index in [0.29, 0.717) is 13.0 Å². The quantitative estimate of drug-likeness (QED) is 0.781. The molecule has 0 spiro atoms. The number of rotatable bonds is 5. The molecule has 2 nitrogen and oxygen atoms in total. The van der Waals surface area contributed by atoms with E-state index in [9.17, 15) is 9.50 Å². The molecule has 0 amide bonds. The van der Waals surface area contributed by atoms with Crippen LogP contribution in [0.15, 0.2) is 24.3 Å². The van der Waals surface area contributed by atoms with E-state index in [-0.39, 0.29) is 5.82 Å². The zero-order valence-electron chi connectivity index (χ0n) is 9.26. The summed E-state index contributed by atoms with van der Waals surface area (Å²) in [6.45, 7) is 5.20. The number of hydrogen-bond donors (Lipinski definition) is 2. The molecule has 1 aromatic carbocycles. The van der Waals surface area contributed by atoms with E-state index in [0.717, 1.165) is 12.1 Å². The van der Waals surface area contributed by atoms with Gasteiger partial charge in [0, 0.05) is 6.54 Å². The first-order valence-corrected chi connectivity index (χ1v) is 5.31. The van der Waals surface area contributed by atoms with Gasteiger partial charge in [-0.15, -0.1) is 0 Å². The third kappa shape index (κ3) is 3.01. The second-order valence-corrected chi connectivity index (χ2v) is 3.67. The molecule has 0 fully saturated rings. The Balaban J connectivity index is 2.85. The van der Waals surface area contributed by atoms with Gasteiger partial charge in [0.1, 0.15) is 11.4 Å². The van der Waals surface area contributed by atoms with Crippen LogP contribution in [-0.2, 0) is 5.60 Å². The Labute approximate surface area is 90.1 Å². The number of aliphatic hydroxyl groups is 1. The lowest BCUT2D eigenvalue weighted by Gasteiger charge is -2.27. The smallest absolute Gasteiger partial charge is 0.123 e. The van der Waals surface area contributed by atoms with Gasteiger partial charge in [0.25, 0.3) is 0 Å². The molecule has 1 aromatic rings. The van der Waals surface area contributed by atoms with Crippen molar-refractivity contribution in [3.05, 3.63) is 35.6 Å². The van der Waals surface area contributed by atoms with Crippen molar-refractivity contribution in [1.82, 2.24) is 5.32 Å². The molecule has 0 saturated carbocycles. The molecule has 0 heterocycles. The maximum Gasteiger partial charge on any atom is 0.123 e. The van der Waals surface area contributed by atoms with Crippen LogP contribution in [0.5, 0.6) is 0 Å². The minimum Gasteiger partial charge on any atom is -0.384 e. The topological polar surface area (TPSA) is 32.3 Å². The first-order valence-electron chi connectivity index (χ1n) is 5.31. The molecule has 0 aliphatic heterocycles. The van der Waals surface area contributed by atoms with Crippen molar-refractivity contribution in [3.63, 3.8) is 0 Å². The SMILES string of the molecule is CCNCC(O)(CC)c1ccc(F)cc1. The first kappa shape index (κ1) is 12.1. The van der Waals surface area contributed by atoms with Gasteiger partial charge >= 0.3 is 0 Å². The summed E-state index contributed by atoms with van der Waals surface area (Å²) in [4.78, 5) is 0. The van der Waals surface area contributed by atoms with Crippen molar-refractivity contribution in [2.75, 3.05) is 13.1 Å². The summed E-state index contributed by atoms with van der Waals surface area (Å²) >= 11 is 0. The molecular weight excluding hydrogens is 193 g/mol. The van der Waals surface area contributed by atoms with E-state index in [4.69, 9.17) is 0 Å². The molecule has 0 aromatic heterocycles. The van der Waals surface area contributed by atoms with Crippen LogP contribution in [0.25, 0.3) is 0 Å². The standard InChI is InChI=1S/C12H18FNO/c1-3-12(15,9-14-4-2)10-5-7-11(13)8-6-10/h5-8,14-15H,3-4,9H2,1-2H3. The van der Waals surface area contributed by atoms with Crippen LogP contribution >= 0.6 is 0 Å². The monoisotopic (exact) mass is 211 g/mol. The highest BCUT2D eigenvalue weighted by Gasteiger charge is 2.26. The highest BCUT2D eigenvalue weighted by atomic mass is 19.1. The predicted octanol–water partition coefficient (Wildman–Crippen LogP) is 2.03. The van der Waals surface area contributed by atoms with Gasteiger partial charge in [0.2, 0.25) is 0 Å². The van der Waals surface area contributed by atoms with Gasteiger partial charge in [-0.05, 0) is 30.7 Å². The lowest BCUT2D eigenvalue weighted by atomic mass is 9.91. The Bertz CT molecular complexity index is 299. The largest absolute Gasteiger partial charge is 0.384 e. The van der Waals surface area contributed by atoms with Crippen LogP contribution in [-0.4, -0.2) is 18.2 Å². The average Bonchev–Trinajstić information content (AvgIpc) is 2.27. The van der Waals surface area contributed by atoms with Crippen molar-refractivity contribution in [1.29, 1.82) is 0 Å². The molecule has 15 heavy (non-hydrogen) atoms. The van der Waals surface area contributed by atoms with Gasteiger partial charge in [-0.3, -0.25) is 0 Å². The molecule has 0 radical (unpaired) electrons. The fourth-order valence-corrected chi connectivity index (χ4v) is 1.52. The Hall–Kier alpha value is -0.930. The summed E-state index contributed by atoms with van der Waals surface area (Å²) in [5.74, 6) is -0.277. The van der Waals surface area contributed by atoms with Gasteiger partial charge < -0.3 is 10.4 Å². The number of benzene rings is 1. The third-order valence-electron chi connectivity index (χ3n) is 2.63. The number of halogens is 1. The second-order valence-electron chi connectivity index (χ2n) is 3.67. The minimum atomic E-state index is -0.899. The first-order chi connectivity index (χ1) is 7.12. The number of nitrogens with one attached hydrogen (secondary N) is 1. The lowest BCUT2D eigenvalue weighted by Crippen LogP contribution is -2.37. The van der Waals surface area contributed by atoms with Gasteiger partial charge in [-0.25, -0.2) is 4.39 Å². The van der Waals surface area contributed by atoms with E-state index >= 15 is 0 Å². The van der Waals surface area contributed by atoms with Crippen molar-refractivity contribution < 1.29 is 9.50 Å². The van der Waals surface area contributed by atoms with Crippen LogP contribution in [0.2, 0.25) is 0 Å². The summed E-state index contributed by atoms with van der Waals surface area (Å²) in [6.07, 6.45) is 0.603. The van der Waals surface area contributed by atoms with E-state index in [1.165, 1.54) is 12.1 Å². The van der Waals surface area contributed by atoms with Crippen molar-refractivity contribution in [3.8, 4) is 0 Å². The highest BCUT2D eigenvalue weighted by molar-refractivity contribution is 5.23. The molecule has 1 rings (SSSR count). The van der Waals surface area contributed by atoms with Crippen LogP contribution in [0, 0.1) is 5.82 Å². The maximum absolute atomic E-state index is 12.7. The van der Waals surface area contributed by atoms with Crippen LogP contribution in [0.1, 0.15) is 25.8 Å². The molecule has 0 aliphatic rings. The van der Waals surface area contributed by atoms with Crippen LogP contribution < -0.4 is 5.32 Å². The van der Waals surface area contributed by atoms with E-state index < -0.39 is 5.60 Å². The summed E-state index contributed by atoms with van der Waals surface area (Å²) in [6, 6.07) is 6.02. The van der Waals surface area contributed by atoms with Gasteiger partial charge in [-0.2, -0.15) is 0 Å². The summed E-state index contributed by atoms with van der Waals surface area (Å²) < 4.78 is 12.7. The maximum atomic E-state index is 12.7. The fraction of sp³-hybridized carbons (Fsp3) is 0.500. The molecule has 0 saturated heterocycles. The fourth-order valence-electron chi connectivity index (χ4n) is 1.52. The van der Waals surface area contributed by atoms with Crippen molar-refractivity contribution >= 4 is 0 Å². The van der Waals surface area contributed by atoms with E-state index in [1.54, 1.807) is 12.1 Å². The molecule has 1 atom stereocenters. The van der Waals surface area contributed by atoms with Gasteiger partial charge in [-0.1, -0.05) is 26.0 Å². The average molecular weight is 211 g/mol. The Kier molecular flexibility index (Phi) is 4.24. The predicted molar refractivity (Wildman–Crippen MR) is 59.1 cm³/mol. The minimum absolute atomic E-state index is 0.277. The van der Waals surface area contributed by atoms with Gasteiger partial charge in [0.15, 0.2) is 0 Å². The van der Waals surface area contributed by atoms with E-state index in [1.807, 2.05) is 13.8 Å². The number of hydrogen-bond acceptors (Lipinski definition) is 2. The lowest BCUT2D eigenvalue weighted by molar-refractivity contribution is 0.0332. The zero-order chi connectivity index (χ0) is 11.3. The molecule has 84 valence electrons. The normalized spacial score (nSPS) is 14.9. The molecule has 0 aliphatic carbocycles. The van der Waals surface area contributed by atoms with E-state index in [2.05, 4.69) is 5.32 Å². The summed E-state index contributed by atoms with van der Waals surface area (Å²) in [5, 5.41) is 13.4. The molecular formula is C12H18FNO. The molecule has 0 bridgehead atoms. The second kappa shape index (κ2) is 5.24. The Morgan fingerprint density at radius 1 is 1.27 bits per heavy atom.